The monoisotopic (exact) mass is 565 g/mol. The van der Waals surface area contributed by atoms with Crippen LogP contribution in [-0.2, 0) is 29.7 Å². The molecular weight excluding hydrogens is 522 g/mol. The van der Waals surface area contributed by atoms with Gasteiger partial charge in [0.2, 0.25) is 23.6 Å². The van der Waals surface area contributed by atoms with Gasteiger partial charge in [0, 0.05) is 11.5 Å². The highest BCUT2D eigenvalue weighted by atomic mass is 32.2. The van der Waals surface area contributed by atoms with Gasteiger partial charge in [-0.15, -0.1) is 0 Å². The molecule has 0 fully saturated rings. The first-order valence-corrected chi connectivity index (χ1v) is 14.3. The first kappa shape index (κ1) is 33.7. The van der Waals surface area contributed by atoms with Crippen LogP contribution in [0.2, 0.25) is 0 Å². The summed E-state index contributed by atoms with van der Waals surface area (Å²) >= 11 is 1.45. The average Bonchev–Trinajstić information content (AvgIpc) is 2.86. The van der Waals surface area contributed by atoms with Crippen molar-refractivity contribution in [1.82, 2.24) is 21.3 Å². The lowest BCUT2D eigenvalue weighted by atomic mass is 10.0. The molecule has 5 amide bonds. The van der Waals surface area contributed by atoms with E-state index in [4.69, 9.17) is 10.5 Å². The summed E-state index contributed by atoms with van der Waals surface area (Å²) < 4.78 is 4.94. The smallest absolute Gasteiger partial charge is 0.407 e. The second-order valence-electron chi connectivity index (χ2n) is 9.97. The number of nitrogens with one attached hydrogen (secondary N) is 4. The fourth-order valence-electron chi connectivity index (χ4n) is 3.54. The lowest BCUT2D eigenvalue weighted by Crippen LogP contribution is -2.59. The van der Waals surface area contributed by atoms with E-state index in [1.165, 1.54) is 18.7 Å². The van der Waals surface area contributed by atoms with E-state index in [9.17, 15) is 24.0 Å². The van der Waals surface area contributed by atoms with Crippen molar-refractivity contribution < 1.29 is 28.7 Å². The Morgan fingerprint density at radius 3 is 2.03 bits per heavy atom. The number of nitrogens with two attached hydrogens (primary N) is 1. The number of hydrogen-bond acceptors (Lipinski definition) is 7. The van der Waals surface area contributed by atoms with Crippen LogP contribution in [0.3, 0.4) is 0 Å². The second-order valence-corrected chi connectivity index (χ2v) is 11.0. The molecule has 218 valence electrons. The molecule has 0 saturated carbocycles. The van der Waals surface area contributed by atoms with Crippen molar-refractivity contribution in [2.75, 3.05) is 12.4 Å². The highest BCUT2D eigenvalue weighted by molar-refractivity contribution is 7.98. The zero-order valence-electron chi connectivity index (χ0n) is 23.6. The topological polar surface area (TPSA) is 169 Å². The average molecular weight is 566 g/mol. The molecule has 4 atom stereocenters. The van der Waals surface area contributed by atoms with Crippen molar-refractivity contribution in [2.24, 2.45) is 17.6 Å². The number of amides is 5. The van der Waals surface area contributed by atoms with Crippen LogP contribution < -0.4 is 27.0 Å². The van der Waals surface area contributed by atoms with Crippen molar-refractivity contribution in [1.29, 1.82) is 0 Å². The lowest BCUT2D eigenvalue weighted by molar-refractivity contribution is -0.134. The lowest BCUT2D eigenvalue weighted by Gasteiger charge is -2.27. The first-order chi connectivity index (χ1) is 18.3. The van der Waals surface area contributed by atoms with Crippen molar-refractivity contribution >= 4 is 41.5 Å². The van der Waals surface area contributed by atoms with Crippen LogP contribution in [-0.4, -0.2) is 66.2 Å². The maximum atomic E-state index is 13.2. The Morgan fingerprint density at radius 1 is 0.846 bits per heavy atom. The van der Waals surface area contributed by atoms with E-state index in [0.29, 0.717) is 12.2 Å². The van der Waals surface area contributed by atoms with Crippen LogP contribution in [0.1, 0.15) is 53.5 Å². The Labute approximate surface area is 235 Å². The standard InChI is InChI=1S/C27H43N5O6S/c1-7-38-27(37)31-21(15-39-14-19-11-9-8-10-12-19)25(35)32-22(17(4)5)26(36)29-18(6)24(34)30-20(23(28)33)13-16(2)3/h8-12,16-18,20-22H,7,13-15H2,1-6H3,(H2,28,33)(H,29,36)(H,30,34)(H,31,37)(H,32,35)/t18-,20-,21+,22-/m0/s1. The number of alkyl carbamates (subject to hydrolysis) is 1. The predicted molar refractivity (Wildman–Crippen MR) is 152 cm³/mol. The minimum Gasteiger partial charge on any atom is -0.450 e. The third-order valence-corrected chi connectivity index (χ3v) is 6.75. The molecule has 1 rings (SSSR count). The number of ether oxygens (including phenoxy) is 1. The minimum atomic E-state index is -0.987. The van der Waals surface area contributed by atoms with Gasteiger partial charge in [-0.05, 0) is 37.7 Å². The largest absolute Gasteiger partial charge is 0.450 e. The van der Waals surface area contributed by atoms with Gasteiger partial charge in [0.25, 0.3) is 0 Å². The molecule has 0 radical (unpaired) electrons. The fraction of sp³-hybridized carbons (Fsp3) is 0.593. The highest BCUT2D eigenvalue weighted by Gasteiger charge is 2.31. The van der Waals surface area contributed by atoms with Crippen LogP contribution >= 0.6 is 11.8 Å². The van der Waals surface area contributed by atoms with E-state index in [1.807, 2.05) is 44.2 Å². The molecule has 39 heavy (non-hydrogen) atoms. The normalized spacial score (nSPS) is 14.1. The van der Waals surface area contributed by atoms with Crippen molar-refractivity contribution in [3.63, 3.8) is 0 Å². The third-order valence-electron chi connectivity index (χ3n) is 5.65. The number of thioether (sulfide) groups is 1. The van der Waals surface area contributed by atoms with Gasteiger partial charge in [-0.3, -0.25) is 19.2 Å². The summed E-state index contributed by atoms with van der Waals surface area (Å²) in [6.07, 6.45) is -0.372. The van der Waals surface area contributed by atoms with Gasteiger partial charge in [0.05, 0.1) is 6.61 Å². The number of hydrogen-bond donors (Lipinski definition) is 5. The molecule has 11 nitrogen and oxygen atoms in total. The van der Waals surface area contributed by atoms with Crippen LogP contribution in [0.4, 0.5) is 4.79 Å². The number of carbonyl (C=O) groups excluding carboxylic acids is 5. The van der Waals surface area contributed by atoms with Gasteiger partial charge < -0.3 is 31.7 Å². The Hall–Kier alpha value is -3.28. The van der Waals surface area contributed by atoms with E-state index < -0.39 is 53.9 Å². The second kappa shape index (κ2) is 17.3. The predicted octanol–water partition coefficient (Wildman–Crippen LogP) is 1.70. The number of carbonyl (C=O) groups is 5. The quantitative estimate of drug-likeness (QED) is 0.203. The molecule has 0 heterocycles. The zero-order valence-corrected chi connectivity index (χ0v) is 24.4. The van der Waals surface area contributed by atoms with Gasteiger partial charge in [-0.25, -0.2) is 4.79 Å². The molecule has 0 aliphatic heterocycles. The first-order valence-electron chi connectivity index (χ1n) is 13.1. The number of rotatable bonds is 16. The number of benzene rings is 1. The highest BCUT2D eigenvalue weighted by Crippen LogP contribution is 2.14. The van der Waals surface area contributed by atoms with Crippen LogP contribution in [0.5, 0.6) is 0 Å². The number of primary amides is 1. The molecule has 0 aliphatic rings. The van der Waals surface area contributed by atoms with Gasteiger partial charge in [-0.2, -0.15) is 11.8 Å². The summed E-state index contributed by atoms with van der Waals surface area (Å²) in [5.41, 5.74) is 6.46. The van der Waals surface area contributed by atoms with Gasteiger partial charge in [0.1, 0.15) is 24.2 Å². The van der Waals surface area contributed by atoms with E-state index in [2.05, 4.69) is 21.3 Å². The molecule has 0 aromatic heterocycles. The summed E-state index contributed by atoms with van der Waals surface area (Å²) in [7, 11) is 0. The molecule has 0 spiro atoms. The summed E-state index contributed by atoms with van der Waals surface area (Å²) in [4.78, 5) is 62.7. The maximum Gasteiger partial charge on any atom is 0.407 e. The molecule has 1 aromatic rings. The summed E-state index contributed by atoms with van der Waals surface area (Å²) in [6, 6.07) is 5.89. The van der Waals surface area contributed by atoms with Crippen molar-refractivity contribution in [3.05, 3.63) is 35.9 Å². The third kappa shape index (κ3) is 12.9. The zero-order chi connectivity index (χ0) is 29.5. The summed E-state index contributed by atoms with van der Waals surface area (Å²) in [5, 5.41) is 10.4. The molecule has 1 aromatic carbocycles. The summed E-state index contributed by atoms with van der Waals surface area (Å²) in [6.45, 7) is 10.6. The van der Waals surface area contributed by atoms with E-state index in [-0.39, 0.29) is 24.2 Å². The van der Waals surface area contributed by atoms with Gasteiger partial charge in [0.15, 0.2) is 0 Å². The van der Waals surface area contributed by atoms with Crippen molar-refractivity contribution in [2.45, 2.75) is 77.9 Å². The molecule has 0 unspecified atom stereocenters. The van der Waals surface area contributed by atoms with E-state index >= 15 is 0 Å². The molecule has 0 saturated heterocycles. The van der Waals surface area contributed by atoms with Crippen LogP contribution in [0, 0.1) is 11.8 Å². The van der Waals surface area contributed by atoms with Gasteiger partial charge >= 0.3 is 6.09 Å². The Morgan fingerprint density at radius 2 is 1.49 bits per heavy atom. The Bertz CT molecular complexity index is 959. The minimum absolute atomic E-state index is 0.121. The maximum absolute atomic E-state index is 13.2. The van der Waals surface area contributed by atoms with E-state index in [1.54, 1.807) is 20.8 Å². The van der Waals surface area contributed by atoms with Crippen molar-refractivity contribution in [3.8, 4) is 0 Å². The van der Waals surface area contributed by atoms with Crippen LogP contribution in [0.15, 0.2) is 30.3 Å². The molecule has 12 heteroatoms. The molecular formula is C27H43N5O6S. The molecule has 6 N–H and O–H groups in total. The van der Waals surface area contributed by atoms with Gasteiger partial charge in [-0.1, -0.05) is 58.0 Å². The Balaban J connectivity index is 2.86. The molecule has 0 aliphatic carbocycles. The summed E-state index contributed by atoms with van der Waals surface area (Å²) in [5.74, 6) is -1.70. The van der Waals surface area contributed by atoms with E-state index in [0.717, 1.165) is 5.56 Å². The Kier molecular flexibility index (Phi) is 15.0. The fourth-order valence-corrected chi connectivity index (χ4v) is 4.56. The van der Waals surface area contributed by atoms with Crippen LogP contribution in [0.25, 0.3) is 0 Å². The molecule has 0 bridgehead atoms. The SMILES string of the molecule is CCOC(=O)N[C@H](CSCc1ccccc1)C(=O)N[C@H](C(=O)N[C@@H](C)C(=O)N[C@@H](CC(C)C)C(N)=O)C(C)C.